The van der Waals surface area contributed by atoms with E-state index in [1.807, 2.05) is 36.1 Å². The van der Waals surface area contributed by atoms with E-state index in [9.17, 15) is 0 Å². The monoisotopic (exact) mass is 291 g/mol. The van der Waals surface area contributed by atoms with Gasteiger partial charge in [0.1, 0.15) is 0 Å². The second kappa shape index (κ2) is 6.91. The Kier molecular flexibility index (Phi) is 5.21. The maximum atomic E-state index is 6.08. The third-order valence-corrected chi connectivity index (χ3v) is 3.85. The molecule has 0 aliphatic carbocycles. The van der Waals surface area contributed by atoms with Gasteiger partial charge in [-0.3, -0.25) is 4.68 Å². The van der Waals surface area contributed by atoms with Crippen molar-refractivity contribution in [2.75, 3.05) is 6.54 Å². The maximum Gasteiger partial charge on any atom is 0.0540 e. The van der Waals surface area contributed by atoms with Gasteiger partial charge in [0, 0.05) is 29.4 Å². The van der Waals surface area contributed by atoms with Gasteiger partial charge in [0.15, 0.2) is 0 Å². The summed E-state index contributed by atoms with van der Waals surface area (Å²) < 4.78 is 1.92. The maximum absolute atomic E-state index is 6.08. The molecule has 20 heavy (non-hydrogen) atoms. The first-order chi connectivity index (χ1) is 9.61. The van der Waals surface area contributed by atoms with E-state index in [-0.39, 0.29) is 6.04 Å². The van der Waals surface area contributed by atoms with Gasteiger partial charge in [-0.15, -0.1) is 0 Å². The van der Waals surface area contributed by atoms with Crippen molar-refractivity contribution in [2.24, 2.45) is 7.05 Å². The molecule has 2 aromatic rings. The molecule has 0 radical (unpaired) electrons. The van der Waals surface area contributed by atoms with E-state index in [1.165, 1.54) is 16.8 Å². The Morgan fingerprint density at radius 1 is 1.40 bits per heavy atom. The molecule has 0 bridgehead atoms. The summed E-state index contributed by atoms with van der Waals surface area (Å²) in [7, 11) is 1.98. The van der Waals surface area contributed by atoms with Crippen LogP contribution in [-0.4, -0.2) is 16.3 Å². The summed E-state index contributed by atoms with van der Waals surface area (Å²) in [6, 6.07) is 8.35. The lowest BCUT2D eigenvalue weighted by Crippen LogP contribution is -2.24. The van der Waals surface area contributed by atoms with E-state index in [4.69, 9.17) is 11.6 Å². The van der Waals surface area contributed by atoms with Gasteiger partial charge in [-0.05, 0) is 44.0 Å². The zero-order valence-electron chi connectivity index (χ0n) is 12.4. The number of nitrogens with one attached hydrogen (secondary N) is 1. The third kappa shape index (κ3) is 3.62. The van der Waals surface area contributed by atoms with Crippen LogP contribution in [0.3, 0.4) is 0 Å². The molecular formula is C16H22ClN3. The molecule has 2 rings (SSSR count). The third-order valence-electron chi connectivity index (χ3n) is 3.62. The standard InChI is InChI=1S/C16H22ClN3/c1-4-8-18-16(15-11-19-20(3)12(15)2)10-13-6-5-7-14(17)9-13/h5-7,9,11,16,18H,4,8,10H2,1-3H3. The fourth-order valence-corrected chi connectivity index (χ4v) is 2.58. The topological polar surface area (TPSA) is 29.9 Å². The lowest BCUT2D eigenvalue weighted by molar-refractivity contribution is 0.526. The highest BCUT2D eigenvalue weighted by atomic mass is 35.5. The molecule has 1 heterocycles. The van der Waals surface area contributed by atoms with Crippen LogP contribution >= 0.6 is 11.6 Å². The van der Waals surface area contributed by atoms with Crippen molar-refractivity contribution in [2.45, 2.75) is 32.7 Å². The fourth-order valence-electron chi connectivity index (χ4n) is 2.37. The number of nitrogens with zero attached hydrogens (tertiary/aromatic N) is 2. The fraction of sp³-hybridized carbons (Fsp3) is 0.438. The van der Waals surface area contributed by atoms with Crippen molar-refractivity contribution < 1.29 is 0 Å². The largest absolute Gasteiger partial charge is 0.310 e. The summed E-state index contributed by atoms with van der Waals surface area (Å²) in [5.41, 5.74) is 3.72. The minimum Gasteiger partial charge on any atom is -0.310 e. The van der Waals surface area contributed by atoms with Gasteiger partial charge >= 0.3 is 0 Å². The lowest BCUT2D eigenvalue weighted by Gasteiger charge is -2.19. The van der Waals surface area contributed by atoms with E-state index in [1.54, 1.807) is 0 Å². The molecule has 1 N–H and O–H groups in total. The van der Waals surface area contributed by atoms with Crippen molar-refractivity contribution >= 4 is 11.6 Å². The smallest absolute Gasteiger partial charge is 0.0540 e. The Morgan fingerprint density at radius 3 is 2.80 bits per heavy atom. The van der Waals surface area contributed by atoms with Crippen LogP contribution in [0.4, 0.5) is 0 Å². The summed E-state index contributed by atoms with van der Waals surface area (Å²) in [5, 5.41) is 8.76. The molecule has 1 unspecified atom stereocenters. The molecule has 1 aromatic carbocycles. The summed E-state index contributed by atoms with van der Waals surface area (Å²) in [5.74, 6) is 0. The molecule has 0 saturated carbocycles. The number of aryl methyl sites for hydroxylation is 1. The number of benzene rings is 1. The number of halogens is 1. The summed E-state index contributed by atoms with van der Waals surface area (Å²) in [6.07, 6.45) is 4.01. The van der Waals surface area contributed by atoms with Gasteiger partial charge in [-0.1, -0.05) is 30.7 Å². The van der Waals surface area contributed by atoms with Gasteiger partial charge in [0.2, 0.25) is 0 Å². The van der Waals surface area contributed by atoms with Crippen LogP contribution in [0.1, 0.15) is 36.2 Å². The Hall–Kier alpha value is -1.32. The number of hydrogen-bond acceptors (Lipinski definition) is 2. The van der Waals surface area contributed by atoms with Crippen LogP contribution in [0.2, 0.25) is 5.02 Å². The normalized spacial score (nSPS) is 12.6. The van der Waals surface area contributed by atoms with Gasteiger partial charge in [0.05, 0.1) is 6.20 Å². The predicted octanol–water partition coefficient (Wildman–Crippen LogP) is 3.67. The zero-order chi connectivity index (χ0) is 14.5. The molecule has 108 valence electrons. The first kappa shape index (κ1) is 15.1. The summed E-state index contributed by atoms with van der Waals surface area (Å²) in [4.78, 5) is 0. The first-order valence-electron chi connectivity index (χ1n) is 7.08. The minimum absolute atomic E-state index is 0.280. The van der Waals surface area contributed by atoms with Crippen LogP contribution in [0.5, 0.6) is 0 Å². The number of aromatic nitrogens is 2. The summed E-state index contributed by atoms with van der Waals surface area (Å²) in [6.45, 7) is 5.29. The molecule has 0 spiro atoms. The Bertz CT molecular complexity index is 563. The molecule has 0 saturated heterocycles. The molecule has 0 aliphatic rings. The average Bonchev–Trinajstić information content (AvgIpc) is 2.75. The Balaban J connectivity index is 2.21. The van der Waals surface area contributed by atoms with E-state index in [2.05, 4.69) is 30.3 Å². The van der Waals surface area contributed by atoms with Gasteiger partial charge in [-0.25, -0.2) is 0 Å². The molecule has 1 aromatic heterocycles. The van der Waals surface area contributed by atoms with Crippen molar-refractivity contribution in [1.29, 1.82) is 0 Å². The lowest BCUT2D eigenvalue weighted by atomic mass is 9.99. The average molecular weight is 292 g/mol. The second-order valence-electron chi connectivity index (χ2n) is 5.15. The van der Waals surface area contributed by atoms with Crippen molar-refractivity contribution in [1.82, 2.24) is 15.1 Å². The highest BCUT2D eigenvalue weighted by Gasteiger charge is 2.16. The van der Waals surface area contributed by atoms with Crippen molar-refractivity contribution in [3.63, 3.8) is 0 Å². The summed E-state index contributed by atoms with van der Waals surface area (Å²) >= 11 is 6.08. The van der Waals surface area contributed by atoms with Gasteiger partial charge in [-0.2, -0.15) is 5.10 Å². The molecule has 0 fully saturated rings. The van der Waals surface area contributed by atoms with E-state index in [0.29, 0.717) is 0 Å². The second-order valence-corrected chi connectivity index (χ2v) is 5.59. The minimum atomic E-state index is 0.280. The van der Waals surface area contributed by atoms with Crippen LogP contribution in [0.15, 0.2) is 30.5 Å². The Morgan fingerprint density at radius 2 is 2.20 bits per heavy atom. The van der Waals surface area contributed by atoms with Gasteiger partial charge < -0.3 is 5.32 Å². The quantitative estimate of drug-likeness (QED) is 0.880. The van der Waals surface area contributed by atoms with Crippen LogP contribution < -0.4 is 5.32 Å². The van der Waals surface area contributed by atoms with Gasteiger partial charge in [0.25, 0.3) is 0 Å². The number of hydrogen-bond donors (Lipinski definition) is 1. The molecular weight excluding hydrogens is 270 g/mol. The van der Waals surface area contributed by atoms with E-state index >= 15 is 0 Å². The van der Waals surface area contributed by atoms with Crippen LogP contribution in [0, 0.1) is 6.92 Å². The Labute approximate surface area is 126 Å². The predicted molar refractivity (Wildman–Crippen MR) is 84.1 cm³/mol. The van der Waals surface area contributed by atoms with E-state index < -0.39 is 0 Å². The highest BCUT2D eigenvalue weighted by molar-refractivity contribution is 6.30. The van der Waals surface area contributed by atoms with Crippen LogP contribution in [0.25, 0.3) is 0 Å². The number of rotatable bonds is 6. The highest BCUT2D eigenvalue weighted by Crippen LogP contribution is 2.22. The SMILES string of the molecule is CCCNC(Cc1cccc(Cl)c1)c1cnn(C)c1C. The molecule has 1 atom stereocenters. The van der Waals surface area contributed by atoms with Crippen LogP contribution in [-0.2, 0) is 13.5 Å². The zero-order valence-corrected chi connectivity index (χ0v) is 13.1. The molecule has 0 aliphatic heterocycles. The van der Waals surface area contributed by atoms with E-state index in [0.717, 1.165) is 24.4 Å². The first-order valence-corrected chi connectivity index (χ1v) is 7.46. The molecule has 3 nitrogen and oxygen atoms in total. The molecule has 4 heteroatoms. The van der Waals surface area contributed by atoms with Crippen molar-refractivity contribution in [3.05, 3.63) is 52.3 Å². The molecule has 0 amide bonds. The van der Waals surface area contributed by atoms with Crippen molar-refractivity contribution in [3.8, 4) is 0 Å².